The van der Waals surface area contributed by atoms with Crippen molar-refractivity contribution in [3.05, 3.63) is 48.4 Å². The van der Waals surface area contributed by atoms with E-state index in [1.54, 1.807) is 30.5 Å². The average molecular weight is 426 g/mol. The van der Waals surface area contributed by atoms with Gasteiger partial charge in [-0.3, -0.25) is 4.90 Å². The molecule has 2 saturated heterocycles. The van der Waals surface area contributed by atoms with Crippen molar-refractivity contribution in [2.75, 3.05) is 31.1 Å². The Morgan fingerprint density at radius 2 is 1.90 bits per heavy atom. The molecule has 5 nitrogen and oxygen atoms in total. The van der Waals surface area contributed by atoms with Gasteiger partial charge in [0.25, 0.3) is 0 Å². The van der Waals surface area contributed by atoms with E-state index < -0.39 is 0 Å². The highest BCUT2D eigenvalue weighted by Crippen LogP contribution is 2.42. The van der Waals surface area contributed by atoms with E-state index in [-0.39, 0.29) is 17.7 Å². The van der Waals surface area contributed by atoms with Gasteiger partial charge in [-0.25, -0.2) is 9.37 Å². The first-order chi connectivity index (χ1) is 15.1. The normalized spacial score (nSPS) is 29.4. The summed E-state index contributed by atoms with van der Waals surface area (Å²) < 4.78 is 20.4. The number of nitrogens with zero attached hydrogens (tertiary/aromatic N) is 3. The quantitative estimate of drug-likeness (QED) is 0.775. The minimum absolute atomic E-state index is 0.0995. The zero-order valence-electron chi connectivity index (χ0n) is 18.0. The second-order valence-corrected chi connectivity index (χ2v) is 9.59. The van der Waals surface area contributed by atoms with Gasteiger partial charge in [-0.05, 0) is 69.7 Å². The molecule has 5 rings (SSSR count). The SMILES string of the molecule is OC1CCC(N2CC[C@]3(CCCN(c4ccc(Oc5ccccn5)c(F)c4)C3)C2)CC1. The topological polar surface area (TPSA) is 48.8 Å². The molecule has 0 unspecified atom stereocenters. The van der Waals surface area contributed by atoms with Gasteiger partial charge < -0.3 is 14.7 Å². The molecule has 1 aromatic heterocycles. The summed E-state index contributed by atoms with van der Waals surface area (Å²) >= 11 is 0. The van der Waals surface area contributed by atoms with Crippen LogP contribution in [-0.4, -0.2) is 53.3 Å². The summed E-state index contributed by atoms with van der Waals surface area (Å²) in [6.45, 7) is 4.24. The van der Waals surface area contributed by atoms with E-state index >= 15 is 0 Å². The van der Waals surface area contributed by atoms with Gasteiger partial charge in [0.2, 0.25) is 5.88 Å². The lowest BCUT2D eigenvalue weighted by atomic mass is 9.79. The van der Waals surface area contributed by atoms with Gasteiger partial charge in [0.05, 0.1) is 6.10 Å². The van der Waals surface area contributed by atoms with Crippen molar-refractivity contribution in [2.24, 2.45) is 5.41 Å². The maximum atomic E-state index is 14.8. The molecule has 166 valence electrons. The molecule has 3 fully saturated rings. The van der Waals surface area contributed by atoms with Gasteiger partial charge in [-0.2, -0.15) is 0 Å². The molecule has 6 heteroatoms. The summed E-state index contributed by atoms with van der Waals surface area (Å²) in [5.74, 6) is 0.254. The molecule has 31 heavy (non-hydrogen) atoms. The third kappa shape index (κ3) is 4.55. The van der Waals surface area contributed by atoms with Crippen molar-refractivity contribution in [1.82, 2.24) is 9.88 Å². The van der Waals surface area contributed by atoms with Crippen molar-refractivity contribution in [2.45, 2.75) is 57.1 Å². The van der Waals surface area contributed by atoms with Crippen LogP contribution in [-0.2, 0) is 0 Å². The highest BCUT2D eigenvalue weighted by atomic mass is 19.1. The van der Waals surface area contributed by atoms with Crippen LogP contribution < -0.4 is 9.64 Å². The van der Waals surface area contributed by atoms with Crippen LogP contribution in [0.25, 0.3) is 0 Å². The monoisotopic (exact) mass is 425 g/mol. The van der Waals surface area contributed by atoms with Gasteiger partial charge in [0, 0.05) is 55.1 Å². The molecule has 1 aliphatic carbocycles. The summed E-state index contributed by atoms with van der Waals surface area (Å²) in [7, 11) is 0. The molecule has 1 saturated carbocycles. The summed E-state index contributed by atoms with van der Waals surface area (Å²) in [5, 5.41) is 9.83. The number of anilines is 1. The molecule has 2 aliphatic heterocycles. The van der Waals surface area contributed by atoms with Crippen molar-refractivity contribution in [1.29, 1.82) is 0 Å². The van der Waals surface area contributed by atoms with E-state index in [1.807, 2.05) is 12.1 Å². The number of rotatable bonds is 4. The summed E-state index contributed by atoms with van der Waals surface area (Å²) in [6, 6.07) is 11.3. The zero-order valence-corrected chi connectivity index (χ0v) is 18.0. The predicted molar refractivity (Wildman–Crippen MR) is 119 cm³/mol. The van der Waals surface area contributed by atoms with E-state index in [0.29, 0.717) is 17.3 Å². The third-order valence-corrected chi connectivity index (χ3v) is 7.44. The van der Waals surface area contributed by atoms with Crippen molar-refractivity contribution in [3.8, 4) is 11.6 Å². The number of ether oxygens (including phenoxy) is 1. The first kappa shape index (κ1) is 20.7. The number of piperidine rings is 1. The third-order valence-electron chi connectivity index (χ3n) is 7.44. The van der Waals surface area contributed by atoms with Crippen LogP contribution in [0.2, 0.25) is 0 Å². The van der Waals surface area contributed by atoms with Crippen LogP contribution in [0.15, 0.2) is 42.6 Å². The molecule has 1 N–H and O–H groups in total. The molecule has 0 radical (unpaired) electrons. The largest absolute Gasteiger partial charge is 0.436 e. The fourth-order valence-corrected chi connectivity index (χ4v) is 5.76. The number of aliphatic hydroxyl groups excluding tert-OH is 1. The second-order valence-electron chi connectivity index (χ2n) is 9.59. The Kier molecular flexibility index (Phi) is 5.85. The highest BCUT2D eigenvalue weighted by Gasteiger charge is 2.43. The molecular weight excluding hydrogens is 393 g/mol. The number of aromatic nitrogens is 1. The number of pyridine rings is 1. The van der Waals surface area contributed by atoms with E-state index in [4.69, 9.17) is 4.74 Å². The molecule has 1 spiro atoms. The number of aliphatic hydroxyl groups is 1. The molecule has 1 aromatic carbocycles. The Hall–Kier alpha value is -2.18. The molecular formula is C25H32FN3O2. The molecule has 0 amide bonds. The van der Waals surface area contributed by atoms with Gasteiger partial charge in [0.15, 0.2) is 11.6 Å². The van der Waals surface area contributed by atoms with E-state index in [0.717, 1.165) is 64.0 Å². The Balaban J connectivity index is 1.25. The number of halogens is 1. The van der Waals surface area contributed by atoms with Crippen LogP contribution in [0.1, 0.15) is 44.9 Å². The van der Waals surface area contributed by atoms with Crippen LogP contribution in [0.3, 0.4) is 0 Å². The maximum absolute atomic E-state index is 14.8. The minimum Gasteiger partial charge on any atom is -0.436 e. The molecule has 3 aliphatic rings. The lowest BCUT2D eigenvalue weighted by molar-refractivity contribution is 0.0770. The number of likely N-dealkylation sites (tertiary alicyclic amines) is 1. The van der Waals surface area contributed by atoms with Crippen molar-refractivity contribution in [3.63, 3.8) is 0 Å². The summed E-state index contributed by atoms with van der Waals surface area (Å²) in [5.41, 5.74) is 1.23. The highest BCUT2D eigenvalue weighted by molar-refractivity contribution is 5.51. The standard InChI is InChI=1S/C25H32FN3O2/c26-22-16-20(7-10-23(22)31-24-4-1-2-13-27-24)28-14-3-11-25(17-28)12-15-29(18-25)19-5-8-21(30)9-6-19/h1-2,4,7,10,13,16,19,21,30H,3,5-6,8-9,11-12,14-15,17-18H2/t19?,21?,25-/m0/s1. The van der Waals surface area contributed by atoms with Gasteiger partial charge in [-0.15, -0.1) is 0 Å². The second kappa shape index (κ2) is 8.75. The minimum atomic E-state index is -0.350. The average Bonchev–Trinajstić information content (AvgIpc) is 3.19. The predicted octanol–water partition coefficient (Wildman–Crippen LogP) is 4.61. The number of benzene rings is 1. The Labute approximate surface area is 183 Å². The van der Waals surface area contributed by atoms with Crippen LogP contribution in [0.4, 0.5) is 10.1 Å². The Morgan fingerprint density at radius 3 is 2.68 bits per heavy atom. The first-order valence-corrected chi connectivity index (χ1v) is 11.7. The van der Waals surface area contributed by atoms with Gasteiger partial charge in [-0.1, -0.05) is 6.07 Å². The van der Waals surface area contributed by atoms with Crippen LogP contribution in [0, 0.1) is 11.2 Å². The molecule has 1 atom stereocenters. The number of hydrogen-bond acceptors (Lipinski definition) is 5. The number of hydrogen-bond donors (Lipinski definition) is 1. The maximum Gasteiger partial charge on any atom is 0.219 e. The molecule has 2 aromatic rings. The fourth-order valence-electron chi connectivity index (χ4n) is 5.76. The van der Waals surface area contributed by atoms with E-state index in [1.165, 1.54) is 12.8 Å². The van der Waals surface area contributed by atoms with Crippen molar-refractivity contribution >= 4 is 5.69 Å². The van der Waals surface area contributed by atoms with Crippen LogP contribution in [0.5, 0.6) is 11.6 Å². The van der Waals surface area contributed by atoms with Gasteiger partial charge in [0.1, 0.15) is 0 Å². The van der Waals surface area contributed by atoms with Crippen molar-refractivity contribution < 1.29 is 14.2 Å². The Bertz CT molecular complexity index is 888. The fraction of sp³-hybridized carbons (Fsp3) is 0.560. The lowest BCUT2D eigenvalue weighted by Crippen LogP contribution is -2.46. The molecule has 0 bridgehead atoms. The van der Waals surface area contributed by atoms with Gasteiger partial charge >= 0.3 is 0 Å². The zero-order chi connectivity index (χ0) is 21.3. The lowest BCUT2D eigenvalue weighted by Gasteiger charge is -2.42. The van der Waals surface area contributed by atoms with Crippen LogP contribution >= 0.6 is 0 Å². The smallest absolute Gasteiger partial charge is 0.219 e. The first-order valence-electron chi connectivity index (χ1n) is 11.7. The van der Waals surface area contributed by atoms with E-state index in [9.17, 15) is 9.50 Å². The summed E-state index contributed by atoms with van der Waals surface area (Å²) in [4.78, 5) is 9.13. The van der Waals surface area contributed by atoms with E-state index in [2.05, 4.69) is 14.8 Å². The summed E-state index contributed by atoms with van der Waals surface area (Å²) in [6.07, 6.45) is 9.25. The Morgan fingerprint density at radius 1 is 1.03 bits per heavy atom. The molecule has 3 heterocycles.